The molecule has 0 aliphatic carbocycles. The van der Waals surface area contributed by atoms with Crippen LogP contribution in [0.2, 0.25) is 0 Å². The van der Waals surface area contributed by atoms with Crippen molar-refractivity contribution in [2.24, 2.45) is 17.2 Å². The first-order chi connectivity index (χ1) is 11.5. The van der Waals surface area contributed by atoms with Crippen molar-refractivity contribution >= 4 is 17.9 Å². The summed E-state index contributed by atoms with van der Waals surface area (Å²) < 4.78 is 0. The molecule has 0 fully saturated rings. The van der Waals surface area contributed by atoms with Gasteiger partial charge in [0.2, 0.25) is 0 Å². The van der Waals surface area contributed by atoms with E-state index in [9.17, 15) is 29.7 Å². The number of hydrogen-bond donors (Lipinski definition) is 7. The minimum Gasteiger partial charge on any atom is -0.550 e. The molecule has 16 heteroatoms. The molecule has 0 aromatic carbocycles. The van der Waals surface area contributed by atoms with Crippen LogP contribution in [0.5, 0.6) is 0 Å². The van der Waals surface area contributed by atoms with Gasteiger partial charge >= 0.3 is 88.7 Å². The number of carbonyl (C=O) groups is 3. The molecule has 0 unspecified atom stereocenters. The summed E-state index contributed by atoms with van der Waals surface area (Å²) >= 11 is 0. The number of aliphatic carboxylic acids is 3. The van der Waals surface area contributed by atoms with E-state index < -0.39 is 36.4 Å². The van der Waals surface area contributed by atoms with Crippen molar-refractivity contribution in [3.05, 3.63) is 0 Å². The van der Waals surface area contributed by atoms with Crippen LogP contribution >= 0.6 is 0 Å². The molecule has 0 aromatic rings. The SMILES string of the molecule is NCCO.NCCO.NCCO.O=C([O-])CC(O)(CC(=O)[O-])C(=O)[O-].[Na+].[Na+].[Na+]. The second-order valence-corrected chi connectivity index (χ2v) is 3.95. The summed E-state index contributed by atoms with van der Waals surface area (Å²) in [5.74, 6) is -5.98. The number of carbonyl (C=O) groups excluding carboxylic acids is 3. The fraction of sp³-hybridized carbons (Fsp3) is 0.750. The minimum absolute atomic E-state index is 0. The Bertz CT molecular complexity index is 323. The molecule has 0 aromatic heterocycles. The number of aliphatic hydroxyl groups is 4. The number of carboxylic acids is 3. The van der Waals surface area contributed by atoms with Gasteiger partial charge in [0.05, 0.1) is 25.8 Å². The second-order valence-electron chi connectivity index (χ2n) is 3.95. The third-order valence-corrected chi connectivity index (χ3v) is 1.64. The Kier molecular flexibility index (Phi) is 59.8. The zero-order valence-corrected chi connectivity index (χ0v) is 22.6. The van der Waals surface area contributed by atoms with E-state index in [0.717, 1.165) is 0 Å². The quantitative estimate of drug-likeness (QED) is 0.172. The van der Waals surface area contributed by atoms with Gasteiger partial charge in [0.25, 0.3) is 0 Å². The van der Waals surface area contributed by atoms with Crippen LogP contribution in [-0.4, -0.2) is 83.4 Å². The van der Waals surface area contributed by atoms with Crippen LogP contribution in [0.15, 0.2) is 0 Å². The van der Waals surface area contributed by atoms with Crippen molar-refractivity contribution in [2.75, 3.05) is 39.5 Å². The van der Waals surface area contributed by atoms with E-state index >= 15 is 0 Å². The van der Waals surface area contributed by atoms with E-state index in [1.54, 1.807) is 0 Å². The van der Waals surface area contributed by atoms with Crippen LogP contribution in [0.25, 0.3) is 0 Å². The number of nitrogens with two attached hydrogens (primary N) is 3. The van der Waals surface area contributed by atoms with Crippen molar-refractivity contribution in [3.8, 4) is 0 Å². The topological polar surface area (TPSA) is 279 Å². The van der Waals surface area contributed by atoms with Gasteiger partial charge in [-0.15, -0.1) is 0 Å². The number of aliphatic hydroxyl groups excluding tert-OH is 3. The molecule has 152 valence electrons. The first kappa shape index (κ1) is 47.1. The fourth-order valence-corrected chi connectivity index (χ4v) is 0.684. The van der Waals surface area contributed by atoms with Crippen LogP contribution in [0, 0.1) is 0 Å². The number of rotatable bonds is 8. The van der Waals surface area contributed by atoms with Gasteiger partial charge in [-0.2, -0.15) is 0 Å². The molecule has 0 saturated heterocycles. The van der Waals surface area contributed by atoms with E-state index in [1.807, 2.05) is 0 Å². The molecule has 0 radical (unpaired) electrons. The summed E-state index contributed by atoms with van der Waals surface area (Å²) in [6.07, 6.45) is -2.72. The molecule has 0 saturated carbocycles. The molecule has 0 bridgehead atoms. The first-order valence-electron chi connectivity index (χ1n) is 6.79. The normalized spacial score (nSPS) is 8.25. The number of hydrogen-bond acceptors (Lipinski definition) is 13. The minimum atomic E-state index is -2.97. The van der Waals surface area contributed by atoms with Gasteiger partial charge < -0.3 is 67.3 Å². The molecule has 0 amide bonds. The van der Waals surface area contributed by atoms with Gasteiger partial charge in [0.1, 0.15) is 5.60 Å². The van der Waals surface area contributed by atoms with E-state index in [-0.39, 0.29) is 108 Å². The molecule has 0 rings (SSSR count). The molecule has 0 heterocycles. The van der Waals surface area contributed by atoms with Crippen molar-refractivity contribution in [1.29, 1.82) is 0 Å². The molecule has 0 aliphatic rings. The monoisotopic (exact) mass is 441 g/mol. The predicted molar refractivity (Wildman–Crippen MR) is 77.6 cm³/mol. The second kappa shape index (κ2) is 35.6. The van der Waals surface area contributed by atoms with Gasteiger partial charge in [-0.25, -0.2) is 0 Å². The summed E-state index contributed by atoms with van der Waals surface area (Å²) in [6.45, 7) is 1.42. The Morgan fingerprint density at radius 3 is 0.929 bits per heavy atom. The van der Waals surface area contributed by atoms with Gasteiger partial charge in [0.15, 0.2) is 0 Å². The molecular formula is C12H26N3Na3O10. The molecular weight excluding hydrogens is 415 g/mol. The van der Waals surface area contributed by atoms with E-state index in [0.29, 0.717) is 19.6 Å². The third kappa shape index (κ3) is 45.7. The van der Waals surface area contributed by atoms with E-state index in [1.165, 1.54) is 0 Å². The Morgan fingerprint density at radius 2 is 0.857 bits per heavy atom. The van der Waals surface area contributed by atoms with Gasteiger partial charge in [-0.05, 0) is 0 Å². The number of carboxylic acid groups (broad SMARTS) is 3. The zero-order valence-electron chi connectivity index (χ0n) is 16.6. The first-order valence-corrected chi connectivity index (χ1v) is 6.79. The third-order valence-electron chi connectivity index (χ3n) is 1.64. The Hall–Kier alpha value is 1.13. The largest absolute Gasteiger partial charge is 1.00 e. The maximum Gasteiger partial charge on any atom is 1.00 e. The van der Waals surface area contributed by atoms with Crippen LogP contribution in [0.1, 0.15) is 12.8 Å². The summed E-state index contributed by atoms with van der Waals surface area (Å²) in [5, 5.41) is 62.2. The maximum absolute atomic E-state index is 10.1. The fourth-order valence-electron chi connectivity index (χ4n) is 0.684. The van der Waals surface area contributed by atoms with E-state index in [2.05, 4.69) is 0 Å². The summed E-state index contributed by atoms with van der Waals surface area (Å²) in [6, 6.07) is 0. The predicted octanol–water partition coefficient (Wildman–Crippen LogP) is -17.4. The summed E-state index contributed by atoms with van der Waals surface area (Å²) in [7, 11) is 0. The molecule has 28 heavy (non-hydrogen) atoms. The van der Waals surface area contributed by atoms with Crippen molar-refractivity contribution in [2.45, 2.75) is 18.4 Å². The van der Waals surface area contributed by atoms with Crippen LogP contribution in [0.3, 0.4) is 0 Å². The van der Waals surface area contributed by atoms with Crippen LogP contribution < -0.4 is 121 Å². The van der Waals surface area contributed by atoms with Crippen molar-refractivity contribution in [3.63, 3.8) is 0 Å². The molecule has 0 atom stereocenters. The van der Waals surface area contributed by atoms with Crippen molar-refractivity contribution in [1.82, 2.24) is 0 Å². The standard InChI is InChI=1S/C6H8O7.3C2H7NO.3Na/c7-3(8)1-6(13,5(11)12)2-4(9)10;3*3-1-2-4;;;/h13H,1-2H2,(H,7,8)(H,9,10)(H,11,12);3*4H,1-3H2;;;/q;;;;3*+1/p-3. The van der Waals surface area contributed by atoms with Crippen LogP contribution in [0.4, 0.5) is 0 Å². The molecule has 13 nitrogen and oxygen atoms in total. The average Bonchev–Trinajstić information content (AvgIpc) is 2.53. The Balaban J connectivity index is -0.0000000493. The average molecular weight is 441 g/mol. The molecule has 0 spiro atoms. The smallest absolute Gasteiger partial charge is 0.550 e. The molecule has 10 N–H and O–H groups in total. The van der Waals surface area contributed by atoms with Gasteiger partial charge in [-0.1, -0.05) is 0 Å². The van der Waals surface area contributed by atoms with Crippen molar-refractivity contribution < 1.29 is 139 Å². The maximum atomic E-state index is 10.1. The van der Waals surface area contributed by atoms with Gasteiger partial charge in [-0.3, -0.25) is 0 Å². The van der Waals surface area contributed by atoms with Crippen LogP contribution in [-0.2, 0) is 14.4 Å². The Morgan fingerprint density at radius 1 is 0.679 bits per heavy atom. The van der Waals surface area contributed by atoms with E-state index in [4.69, 9.17) is 37.6 Å². The molecule has 0 aliphatic heterocycles. The summed E-state index contributed by atoms with van der Waals surface area (Å²) in [5.41, 5.74) is 11.4. The van der Waals surface area contributed by atoms with Gasteiger partial charge in [0, 0.05) is 44.4 Å². The Labute approximate surface area is 229 Å². The zero-order chi connectivity index (χ0) is 20.9. The summed E-state index contributed by atoms with van der Waals surface area (Å²) in [4.78, 5) is 30.0.